The number of aromatic amines is 1. The van der Waals surface area contributed by atoms with Crippen molar-refractivity contribution in [2.45, 2.75) is 64.5 Å². The summed E-state index contributed by atoms with van der Waals surface area (Å²) in [6.45, 7) is 6.31. The molecule has 174 valence electrons. The molecule has 0 radical (unpaired) electrons. The van der Waals surface area contributed by atoms with Crippen molar-refractivity contribution in [1.29, 1.82) is 0 Å². The molecule has 0 bridgehead atoms. The van der Waals surface area contributed by atoms with E-state index in [1.165, 1.54) is 0 Å². The molecule has 0 aliphatic carbocycles. The molecule has 2 aromatic carbocycles. The number of hydrogen-bond donors (Lipinski definition) is 1. The number of aromatic nitrogens is 4. The maximum absolute atomic E-state index is 14.2. The number of carbonyl (C=O) groups is 1. The van der Waals surface area contributed by atoms with Crippen molar-refractivity contribution >= 4 is 29.1 Å². The van der Waals surface area contributed by atoms with Gasteiger partial charge in [-0.1, -0.05) is 68.2 Å². The van der Waals surface area contributed by atoms with E-state index in [1.807, 2.05) is 49.4 Å². The van der Waals surface area contributed by atoms with Gasteiger partial charge >= 0.3 is 0 Å². The summed E-state index contributed by atoms with van der Waals surface area (Å²) >= 11 is 12.6. The molecule has 1 unspecified atom stereocenters. The molecule has 1 N–H and O–H groups in total. The minimum atomic E-state index is -0.667. The molecule has 3 aromatic rings. The monoisotopic (exact) mass is 485 g/mol. The first-order valence-electron chi connectivity index (χ1n) is 11.4. The second-order valence-corrected chi connectivity index (χ2v) is 10.0. The lowest BCUT2D eigenvalue weighted by molar-refractivity contribution is -0.155. The van der Waals surface area contributed by atoms with Gasteiger partial charge in [0.2, 0.25) is 5.91 Å². The first-order chi connectivity index (χ1) is 15.9. The van der Waals surface area contributed by atoms with Crippen LogP contribution >= 0.6 is 23.2 Å². The fourth-order valence-corrected chi connectivity index (χ4v) is 5.58. The quantitative estimate of drug-likeness (QED) is 0.445. The van der Waals surface area contributed by atoms with Gasteiger partial charge in [-0.2, -0.15) is 0 Å². The number of rotatable bonds is 7. The predicted molar refractivity (Wildman–Crippen MR) is 130 cm³/mol. The number of piperidine rings is 1. The van der Waals surface area contributed by atoms with Crippen molar-refractivity contribution in [3.05, 3.63) is 75.5 Å². The number of likely N-dealkylation sites (tertiary alicyclic amines) is 1. The largest absolute Gasteiger partial charge is 0.332 e. The molecule has 0 saturated carbocycles. The van der Waals surface area contributed by atoms with Crippen LogP contribution < -0.4 is 0 Å². The Labute approximate surface area is 204 Å². The summed E-state index contributed by atoms with van der Waals surface area (Å²) in [6.07, 6.45) is 2.83. The number of hydrogen-bond acceptors (Lipinski definition) is 4. The van der Waals surface area contributed by atoms with Crippen molar-refractivity contribution in [3.8, 4) is 0 Å². The van der Waals surface area contributed by atoms with Gasteiger partial charge in [-0.3, -0.25) is 4.79 Å². The van der Waals surface area contributed by atoms with Crippen LogP contribution in [0, 0.1) is 5.41 Å². The van der Waals surface area contributed by atoms with E-state index in [-0.39, 0.29) is 23.9 Å². The Morgan fingerprint density at radius 3 is 2.42 bits per heavy atom. The highest BCUT2D eigenvalue weighted by Gasteiger charge is 2.51. The van der Waals surface area contributed by atoms with Crippen LogP contribution in [0.1, 0.15) is 68.9 Å². The molecule has 4 rings (SSSR count). The number of nitrogens with one attached hydrogen (secondary N) is 1. The molecule has 1 amide bonds. The number of carbonyl (C=O) groups excluding carboxylic acids is 1. The lowest BCUT2D eigenvalue weighted by Gasteiger charge is -2.52. The number of nitrogens with zero attached hydrogens (tertiary/aromatic N) is 4. The van der Waals surface area contributed by atoms with Crippen molar-refractivity contribution < 1.29 is 4.79 Å². The van der Waals surface area contributed by atoms with Crippen LogP contribution in [0.2, 0.25) is 10.0 Å². The fraction of sp³-hybridized carbons (Fsp3) is 0.440. The lowest BCUT2D eigenvalue weighted by atomic mass is 9.66. The number of amides is 1. The molecule has 2 heterocycles. The van der Waals surface area contributed by atoms with Gasteiger partial charge in [-0.25, -0.2) is 5.10 Å². The van der Waals surface area contributed by atoms with Crippen molar-refractivity contribution in [2.75, 3.05) is 0 Å². The zero-order chi connectivity index (χ0) is 23.6. The average Bonchev–Trinajstić information content (AvgIpc) is 3.31. The first-order valence-corrected chi connectivity index (χ1v) is 12.2. The second kappa shape index (κ2) is 9.82. The van der Waals surface area contributed by atoms with Crippen LogP contribution in [0.15, 0.2) is 48.5 Å². The van der Waals surface area contributed by atoms with Gasteiger partial charge in [0.1, 0.15) is 5.82 Å². The average molecular weight is 486 g/mol. The highest BCUT2D eigenvalue weighted by Crippen LogP contribution is 2.52. The van der Waals surface area contributed by atoms with Crippen LogP contribution in [0.5, 0.6) is 0 Å². The van der Waals surface area contributed by atoms with E-state index in [0.29, 0.717) is 28.7 Å². The van der Waals surface area contributed by atoms with Crippen LogP contribution in [0.25, 0.3) is 0 Å². The molecular formula is C25H29Cl2N5O. The van der Waals surface area contributed by atoms with Gasteiger partial charge in [0.25, 0.3) is 0 Å². The third-order valence-electron chi connectivity index (χ3n) is 6.87. The summed E-state index contributed by atoms with van der Waals surface area (Å²) in [6, 6.07) is 15.8. The van der Waals surface area contributed by atoms with Gasteiger partial charge in [0.15, 0.2) is 0 Å². The molecule has 8 heteroatoms. The second-order valence-electron chi connectivity index (χ2n) is 9.13. The summed E-state index contributed by atoms with van der Waals surface area (Å²) < 4.78 is 0. The van der Waals surface area contributed by atoms with Gasteiger partial charge in [0, 0.05) is 28.4 Å². The van der Waals surface area contributed by atoms with Gasteiger partial charge in [-0.05, 0) is 65.1 Å². The summed E-state index contributed by atoms with van der Waals surface area (Å²) in [5.74, 6) is 0.792. The zero-order valence-electron chi connectivity index (χ0n) is 19.1. The van der Waals surface area contributed by atoms with Crippen molar-refractivity contribution in [1.82, 2.24) is 25.5 Å². The molecule has 3 atom stereocenters. The Balaban J connectivity index is 1.88. The maximum atomic E-state index is 14.2. The minimum Gasteiger partial charge on any atom is -0.332 e. The highest BCUT2D eigenvalue weighted by molar-refractivity contribution is 6.30. The number of H-pyrrole nitrogens is 1. The zero-order valence-corrected chi connectivity index (χ0v) is 20.6. The molecule has 0 spiro atoms. The molecule has 6 nitrogen and oxygen atoms in total. The Hall–Kier alpha value is -2.44. The first kappa shape index (κ1) is 23.7. The van der Waals surface area contributed by atoms with E-state index in [2.05, 4.69) is 45.4 Å². The van der Waals surface area contributed by atoms with Crippen LogP contribution in [-0.2, 0) is 11.2 Å². The van der Waals surface area contributed by atoms with E-state index >= 15 is 0 Å². The van der Waals surface area contributed by atoms with Gasteiger partial charge < -0.3 is 4.90 Å². The topological polar surface area (TPSA) is 74.8 Å². The SMILES string of the molecule is CCC(CC)N1C(=O)[C@@](C)(Cc2nnn[nH]2)CC(c2cccc(Cl)c2)[C@H]1c1ccc(Cl)cc1. The van der Waals surface area contributed by atoms with Crippen LogP contribution in [0.4, 0.5) is 0 Å². The smallest absolute Gasteiger partial charge is 0.229 e. The van der Waals surface area contributed by atoms with E-state index in [1.54, 1.807) is 0 Å². The lowest BCUT2D eigenvalue weighted by Crippen LogP contribution is -2.56. The predicted octanol–water partition coefficient (Wildman–Crippen LogP) is 6.00. The molecule has 1 fully saturated rings. The number of tetrazole rings is 1. The summed E-state index contributed by atoms with van der Waals surface area (Å²) in [5.41, 5.74) is 1.53. The van der Waals surface area contributed by atoms with E-state index in [4.69, 9.17) is 23.2 Å². The van der Waals surface area contributed by atoms with Crippen molar-refractivity contribution in [3.63, 3.8) is 0 Å². The van der Waals surface area contributed by atoms with Crippen molar-refractivity contribution in [2.24, 2.45) is 5.41 Å². The summed E-state index contributed by atoms with van der Waals surface area (Å²) in [5, 5.41) is 15.7. The normalized spacial score (nSPS) is 23.3. The van der Waals surface area contributed by atoms with Gasteiger partial charge in [0.05, 0.1) is 11.5 Å². The molecule has 1 saturated heterocycles. The van der Waals surface area contributed by atoms with E-state index in [9.17, 15) is 4.79 Å². The Morgan fingerprint density at radius 2 is 1.82 bits per heavy atom. The minimum absolute atomic E-state index is 0.0454. The number of halogens is 2. The van der Waals surface area contributed by atoms with Crippen LogP contribution in [0.3, 0.4) is 0 Å². The standard InChI is InChI=1S/C25H29Cl2N5O/c1-4-20(5-2)32-23(16-9-11-18(26)12-10-16)21(17-7-6-8-19(27)13-17)14-25(3,24(32)33)15-22-28-30-31-29-22/h6-13,20-21,23H,4-5,14-15H2,1-3H3,(H,28,29,30,31)/t21?,23-,25-/m1/s1. The molecule has 33 heavy (non-hydrogen) atoms. The molecule has 1 aromatic heterocycles. The Morgan fingerprint density at radius 1 is 1.09 bits per heavy atom. The summed E-state index contributed by atoms with van der Waals surface area (Å²) in [7, 11) is 0. The Kier molecular flexibility index (Phi) is 7.05. The third kappa shape index (κ3) is 4.78. The third-order valence-corrected chi connectivity index (χ3v) is 7.36. The Bertz CT molecular complexity index is 1080. The van der Waals surface area contributed by atoms with Crippen LogP contribution in [-0.4, -0.2) is 37.5 Å². The highest BCUT2D eigenvalue weighted by atomic mass is 35.5. The van der Waals surface area contributed by atoms with Gasteiger partial charge in [-0.15, -0.1) is 5.10 Å². The molecular weight excluding hydrogens is 457 g/mol. The van der Waals surface area contributed by atoms with E-state index in [0.717, 1.165) is 24.0 Å². The van der Waals surface area contributed by atoms with E-state index < -0.39 is 5.41 Å². The fourth-order valence-electron chi connectivity index (χ4n) is 5.25. The summed E-state index contributed by atoms with van der Waals surface area (Å²) in [4.78, 5) is 16.3. The maximum Gasteiger partial charge on any atom is 0.229 e. The molecule has 1 aliphatic rings. The number of benzene rings is 2. The molecule has 1 aliphatic heterocycles.